The molecule has 0 atom stereocenters. The SMILES string of the molecule is C=C/C=C\C=C/C.Cc1ccc2c(c1)C1(c3ccccc3-c3ccccc31)c1ccccc1-2. The van der Waals surface area contributed by atoms with E-state index in [1.54, 1.807) is 6.08 Å². The molecule has 0 N–H and O–H groups in total. The predicted molar refractivity (Wildman–Crippen MR) is 142 cm³/mol. The standard InChI is InChI=1S/C26H18.C7H10/c1-17-14-15-21-20-10-4-7-13-24(20)26(25(21)16-17)22-11-5-2-8-18(22)19-9-3-6-12-23(19)26;1-3-5-7-6-4-2/h2-16H,1H3;3-7H,1H2,2H3/b;6-4-,7-5-. The molecular weight excluding hydrogens is 396 g/mol. The number of allylic oxidation sites excluding steroid dienone is 5. The third-order valence-electron chi connectivity index (χ3n) is 6.70. The Kier molecular flexibility index (Phi) is 5.44. The van der Waals surface area contributed by atoms with Crippen molar-refractivity contribution in [2.75, 3.05) is 0 Å². The average Bonchev–Trinajstić information content (AvgIpc) is 3.32. The third kappa shape index (κ3) is 3.14. The molecule has 160 valence electrons. The Morgan fingerprint density at radius 3 is 1.55 bits per heavy atom. The second-order valence-electron chi connectivity index (χ2n) is 8.58. The van der Waals surface area contributed by atoms with Crippen molar-refractivity contribution in [3.05, 3.63) is 156 Å². The van der Waals surface area contributed by atoms with E-state index in [0.29, 0.717) is 0 Å². The zero-order valence-electron chi connectivity index (χ0n) is 19.3. The largest absolute Gasteiger partial charge is 0.0991 e. The van der Waals surface area contributed by atoms with Gasteiger partial charge >= 0.3 is 0 Å². The highest BCUT2D eigenvalue weighted by Crippen LogP contribution is 2.62. The number of hydrogen-bond donors (Lipinski definition) is 0. The molecular formula is C33H28. The quantitative estimate of drug-likeness (QED) is 0.244. The van der Waals surface area contributed by atoms with E-state index in [4.69, 9.17) is 0 Å². The lowest BCUT2D eigenvalue weighted by atomic mass is 9.70. The van der Waals surface area contributed by atoms with Gasteiger partial charge in [0.2, 0.25) is 0 Å². The third-order valence-corrected chi connectivity index (χ3v) is 6.70. The summed E-state index contributed by atoms with van der Waals surface area (Å²) in [4.78, 5) is 0. The number of fused-ring (bicyclic) bond motifs is 10. The fourth-order valence-corrected chi connectivity index (χ4v) is 5.46. The van der Waals surface area contributed by atoms with Crippen LogP contribution in [0.5, 0.6) is 0 Å². The summed E-state index contributed by atoms with van der Waals surface area (Å²) in [5, 5.41) is 0. The smallest absolute Gasteiger partial charge is 0.0725 e. The molecule has 0 fully saturated rings. The molecule has 0 saturated heterocycles. The van der Waals surface area contributed by atoms with Crippen LogP contribution in [0, 0.1) is 6.92 Å². The van der Waals surface area contributed by atoms with E-state index >= 15 is 0 Å². The van der Waals surface area contributed by atoms with Gasteiger partial charge in [-0.1, -0.05) is 134 Å². The molecule has 0 nitrogen and oxygen atoms in total. The van der Waals surface area contributed by atoms with Crippen LogP contribution in [0.3, 0.4) is 0 Å². The molecule has 6 rings (SSSR count). The summed E-state index contributed by atoms with van der Waals surface area (Å²) in [6.45, 7) is 7.69. The molecule has 0 heteroatoms. The van der Waals surface area contributed by atoms with Crippen molar-refractivity contribution in [2.24, 2.45) is 0 Å². The van der Waals surface area contributed by atoms with Gasteiger partial charge < -0.3 is 0 Å². The second kappa shape index (κ2) is 8.56. The zero-order chi connectivity index (χ0) is 22.8. The lowest BCUT2D eigenvalue weighted by Gasteiger charge is -2.30. The van der Waals surface area contributed by atoms with Gasteiger partial charge in [-0.2, -0.15) is 0 Å². The normalized spacial score (nSPS) is 13.9. The molecule has 33 heavy (non-hydrogen) atoms. The molecule has 4 aromatic carbocycles. The molecule has 1 spiro atoms. The van der Waals surface area contributed by atoms with E-state index in [1.807, 2.05) is 31.2 Å². The van der Waals surface area contributed by atoms with E-state index in [-0.39, 0.29) is 5.41 Å². The van der Waals surface area contributed by atoms with Gasteiger partial charge in [0.1, 0.15) is 0 Å². The molecule has 0 aliphatic heterocycles. The summed E-state index contributed by atoms with van der Waals surface area (Å²) in [7, 11) is 0. The Bertz CT molecular complexity index is 1330. The lowest BCUT2D eigenvalue weighted by molar-refractivity contribution is 0.792. The minimum Gasteiger partial charge on any atom is -0.0991 e. The maximum absolute atomic E-state index is 3.51. The maximum atomic E-state index is 3.51. The molecule has 0 radical (unpaired) electrons. The molecule has 0 heterocycles. The van der Waals surface area contributed by atoms with Crippen LogP contribution >= 0.6 is 0 Å². The molecule has 0 bridgehead atoms. The van der Waals surface area contributed by atoms with Crippen LogP contribution in [0.2, 0.25) is 0 Å². The monoisotopic (exact) mass is 424 g/mol. The Hall–Kier alpha value is -3.90. The van der Waals surface area contributed by atoms with Crippen molar-refractivity contribution < 1.29 is 0 Å². The van der Waals surface area contributed by atoms with Gasteiger partial charge in [0, 0.05) is 0 Å². The van der Waals surface area contributed by atoms with Crippen LogP contribution < -0.4 is 0 Å². The van der Waals surface area contributed by atoms with Gasteiger partial charge in [-0.15, -0.1) is 0 Å². The maximum Gasteiger partial charge on any atom is 0.0725 e. The van der Waals surface area contributed by atoms with Gasteiger partial charge in [0.25, 0.3) is 0 Å². The summed E-state index contributed by atoms with van der Waals surface area (Å²) < 4.78 is 0. The Morgan fingerprint density at radius 1 is 0.576 bits per heavy atom. The van der Waals surface area contributed by atoms with Crippen LogP contribution in [-0.4, -0.2) is 0 Å². The molecule has 0 saturated carbocycles. The van der Waals surface area contributed by atoms with Crippen LogP contribution in [0.1, 0.15) is 34.7 Å². The Labute approximate surface area is 197 Å². The van der Waals surface area contributed by atoms with Crippen molar-refractivity contribution in [1.29, 1.82) is 0 Å². The van der Waals surface area contributed by atoms with Crippen LogP contribution in [0.15, 0.2) is 128 Å². The van der Waals surface area contributed by atoms with Gasteiger partial charge in [-0.25, -0.2) is 0 Å². The van der Waals surface area contributed by atoms with Gasteiger partial charge in [0.15, 0.2) is 0 Å². The van der Waals surface area contributed by atoms with E-state index in [9.17, 15) is 0 Å². The van der Waals surface area contributed by atoms with E-state index < -0.39 is 0 Å². The lowest BCUT2D eigenvalue weighted by Crippen LogP contribution is -2.25. The first-order chi connectivity index (χ1) is 16.2. The van der Waals surface area contributed by atoms with Crippen LogP contribution in [0.4, 0.5) is 0 Å². The first kappa shape index (κ1) is 21.0. The van der Waals surface area contributed by atoms with Crippen LogP contribution in [-0.2, 0) is 5.41 Å². The zero-order valence-corrected chi connectivity index (χ0v) is 19.3. The molecule has 2 aliphatic carbocycles. The van der Waals surface area contributed by atoms with Crippen molar-refractivity contribution in [3.63, 3.8) is 0 Å². The molecule has 0 aromatic heterocycles. The van der Waals surface area contributed by atoms with Gasteiger partial charge in [0.05, 0.1) is 5.41 Å². The number of benzene rings is 4. The summed E-state index contributed by atoms with van der Waals surface area (Å²) in [5.74, 6) is 0. The molecule has 2 aliphatic rings. The fourth-order valence-electron chi connectivity index (χ4n) is 5.46. The van der Waals surface area contributed by atoms with E-state index in [0.717, 1.165) is 0 Å². The van der Waals surface area contributed by atoms with Crippen LogP contribution in [0.25, 0.3) is 22.3 Å². The predicted octanol–water partition coefficient (Wildman–Crippen LogP) is 8.64. The van der Waals surface area contributed by atoms with Gasteiger partial charge in [-0.05, 0) is 58.4 Å². The Morgan fingerprint density at radius 2 is 1.06 bits per heavy atom. The van der Waals surface area contributed by atoms with E-state index in [1.165, 1.54) is 50.1 Å². The average molecular weight is 425 g/mol. The first-order valence-electron chi connectivity index (χ1n) is 11.5. The first-order valence-corrected chi connectivity index (χ1v) is 11.5. The van der Waals surface area contributed by atoms with Crippen molar-refractivity contribution >= 4 is 0 Å². The summed E-state index contributed by atoms with van der Waals surface area (Å²) in [5.41, 5.74) is 12.3. The minimum absolute atomic E-state index is 0.189. The summed E-state index contributed by atoms with van der Waals surface area (Å²) >= 11 is 0. The topological polar surface area (TPSA) is 0 Å². The molecule has 0 amide bonds. The highest BCUT2D eigenvalue weighted by molar-refractivity contribution is 5.94. The highest BCUT2D eigenvalue weighted by Gasteiger charge is 2.51. The second-order valence-corrected chi connectivity index (χ2v) is 8.58. The fraction of sp³-hybridized carbons (Fsp3) is 0.0909. The summed E-state index contributed by atoms with van der Waals surface area (Å²) in [6.07, 6.45) is 9.51. The van der Waals surface area contributed by atoms with Crippen molar-refractivity contribution in [2.45, 2.75) is 19.3 Å². The molecule has 0 unspecified atom stereocenters. The summed E-state index contributed by atoms with van der Waals surface area (Å²) in [6, 6.07) is 33.8. The Balaban J connectivity index is 0.000000287. The minimum atomic E-state index is -0.189. The van der Waals surface area contributed by atoms with Gasteiger partial charge in [-0.3, -0.25) is 0 Å². The van der Waals surface area contributed by atoms with Crippen molar-refractivity contribution in [1.82, 2.24) is 0 Å². The van der Waals surface area contributed by atoms with E-state index in [2.05, 4.69) is 104 Å². The number of aryl methyl sites for hydroxylation is 1. The molecule has 4 aromatic rings. The number of rotatable bonds is 2. The van der Waals surface area contributed by atoms with Crippen molar-refractivity contribution in [3.8, 4) is 22.3 Å². The number of hydrogen-bond acceptors (Lipinski definition) is 0. The highest BCUT2D eigenvalue weighted by atomic mass is 14.5.